The molecule has 7 heteroatoms. The van der Waals surface area contributed by atoms with E-state index in [4.69, 9.17) is 4.74 Å². The first-order valence-corrected chi connectivity index (χ1v) is 10.0. The van der Waals surface area contributed by atoms with Crippen LogP contribution in [-0.2, 0) is 15.0 Å². The van der Waals surface area contributed by atoms with Crippen molar-refractivity contribution in [3.05, 3.63) is 48.2 Å². The Morgan fingerprint density at radius 2 is 2.07 bits per heavy atom. The summed E-state index contributed by atoms with van der Waals surface area (Å²) in [5.41, 5.74) is 1.11. The zero-order chi connectivity index (χ0) is 20.3. The van der Waals surface area contributed by atoms with Gasteiger partial charge in [0.2, 0.25) is 11.8 Å². The number of aromatic nitrogens is 1. The summed E-state index contributed by atoms with van der Waals surface area (Å²) in [5.74, 6) is 1.49. The van der Waals surface area contributed by atoms with E-state index in [1.807, 2.05) is 41.3 Å². The van der Waals surface area contributed by atoms with Gasteiger partial charge in [-0.25, -0.2) is 4.98 Å². The fourth-order valence-electron chi connectivity index (χ4n) is 4.28. The van der Waals surface area contributed by atoms with Crippen molar-refractivity contribution in [3.8, 4) is 5.75 Å². The zero-order valence-corrected chi connectivity index (χ0v) is 16.6. The SMILES string of the molecule is COc1cccc(C2(C(=O)Nc3ccc(N4CCNC(=O)C4)nc3)CCCC2)c1. The number of rotatable bonds is 5. The summed E-state index contributed by atoms with van der Waals surface area (Å²) in [6.45, 7) is 1.64. The van der Waals surface area contributed by atoms with E-state index in [2.05, 4.69) is 15.6 Å². The van der Waals surface area contributed by atoms with E-state index in [0.29, 0.717) is 18.8 Å². The maximum atomic E-state index is 13.3. The van der Waals surface area contributed by atoms with Gasteiger partial charge in [-0.2, -0.15) is 0 Å². The van der Waals surface area contributed by atoms with Gasteiger partial charge in [0.1, 0.15) is 11.6 Å². The molecule has 1 aromatic carbocycles. The molecule has 1 saturated heterocycles. The van der Waals surface area contributed by atoms with Gasteiger partial charge in [0.15, 0.2) is 0 Å². The zero-order valence-electron chi connectivity index (χ0n) is 16.6. The molecule has 0 unspecified atom stereocenters. The van der Waals surface area contributed by atoms with E-state index in [0.717, 1.165) is 49.4 Å². The van der Waals surface area contributed by atoms with Gasteiger partial charge in [-0.15, -0.1) is 0 Å². The van der Waals surface area contributed by atoms with Crippen molar-refractivity contribution in [2.24, 2.45) is 0 Å². The van der Waals surface area contributed by atoms with Gasteiger partial charge in [0.05, 0.1) is 31.0 Å². The summed E-state index contributed by atoms with van der Waals surface area (Å²) in [7, 11) is 1.64. The fourth-order valence-corrected chi connectivity index (χ4v) is 4.28. The highest BCUT2D eigenvalue weighted by molar-refractivity contribution is 5.99. The monoisotopic (exact) mass is 394 g/mol. The second-order valence-electron chi connectivity index (χ2n) is 7.65. The minimum atomic E-state index is -0.543. The van der Waals surface area contributed by atoms with Crippen LogP contribution in [0, 0.1) is 0 Å². The van der Waals surface area contributed by atoms with Crippen molar-refractivity contribution in [2.45, 2.75) is 31.1 Å². The number of nitrogens with one attached hydrogen (secondary N) is 2. The molecule has 2 aromatic rings. The minimum absolute atomic E-state index is 0.00288. The molecule has 0 spiro atoms. The fraction of sp³-hybridized carbons (Fsp3) is 0.409. The standard InChI is InChI=1S/C22H26N4O3/c1-29-18-6-4-5-16(13-18)22(9-2-3-10-22)21(28)25-17-7-8-19(24-14-17)26-12-11-23-20(27)15-26/h4-8,13-14H,2-3,9-12,15H2,1H3,(H,23,27)(H,25,28). The van der Waals surface area contributed by atoms with Gasteiger partial charge in [-0.3, -0.25) is 9.59 Å². The van der Waals surface area contributed by atoms with E-state index in [1.54, 1.807) is 13.3 Å². The summed E-state index contributed by atoms with van der Waals surface area (Å²) in [4.78, 5) is 31.3. The Morgan fingerprint density at radius 1 is 1.24 bits per heavy atom. The molecule has 1 aliphatic heterocycles. The number of carbonyl (C=O) groups is 2. The van der Waals surface area contributed by atoms with Crippen molar-refractivity contribution < 1.29 is 14.3 Å². The molecule has 1 aliphatic carbocycles. The topological polar surface area (TPSA) is 83.6 Å². The third-order valence-corrected chi connectivity index (χ3v) is 5.88. The second kappa shape index (κ2) is 8.11. The van der Waals surface area contributed by atoms with E-state index < -0.39 is 5.41 Å². The molecule has 2 N–H and O–H groups in total. The Labute approximate surface area is 170 Å². The molecule has 1 saturated carbocycles. The molecule has 2 heterocycles. The third-order valence-electron chi connectivity index (χ3n) is 5.88. The first-order valence-electron chi connectivity index (χ1n) is 10.0. The van der Waals surface area contributed by atoms with Crippen LogP contribution in [0.3, 0.4) is 0 Å². The molecule has 0 radical (unpaired) electrons. The smallest absolute Gasteiger partial charge is 0.239 e. The molecular weight excluding hydrogens is 368 g/mol. The van der Waals surface area contributed by atoms with Crippen LogP contribution >= 0.6 is 0 Å². The number of piperazine rings is 1. The average molecular weight is 394 g/mol. The largest absolute Gasteiger partial charge is 0.497 e. The number of ether oxygens (including phenoxy) is 1. The highest BCUT2D eigenvalue weighted by atomic mass is 16.5. The first kappa shape index (κ1) is 19.2. The molecule has 1 aromatic heterocycles. The third kappa shape index (κ3) is 3.90. The van der Waals surface area contributed by atoms with Gasteiger partial charge in [-0.1, -0.05) is 25.0 Å². The number of hydrogen-bond acceptors (Lipinski definition) is 5. The van der Waals surface area contributed by atoms with Crippen molar-refractivity contribution >= 4 is 23.3 Å². The Balaban J connectivity index is 1.51. The van der Waals surface area contributed by atoms with E-state index in [1.165, 1.54) is 0 Å². The van der Waals surface area contributed by atoms with Crippen molar-refractivity contribution in [1.82, 2.24) is 10.3 Å². The van der Waals surface area contributed by atoms with Gasteiger partial charge >= 0.3 is 0 Å². The van der Waals surface area contributed by atoms with E-state index >= 15 is 0 Å². The van der Waals surface area contributed by atoms with Crippen LogP contribution in [0.2, 0.25) is 0 Å². The summed E-state index contributed by atoms with van der Waals surface area (Å²) < 4.78 is 5.36. The van der Waals surface area contributed by atoms with E-state index in [9.17, 15) is 9.59 Å². The van der Waals surface area contributed by atoms with Crippen LogP contribution in [0.15, 0.2) is 42.6 Å². The molecule has 2 fully saturated rings. The highest BCUT2D eigenvalue weighted by Crippen LogP contribution is 2.43. The number of amides is 2. The van der Waals surface area contributed by atoms with Crippen LogP contribution in [0.5, 0.6) is 5.75 Å². The van der Waals surface area contributed by atoms with Crippen LogP contribution in [0.4, 0.5) is 11.5 Å². The van der Waals surface area contributed by atoms with Crippen molar-refractivity contribution in [1.29, 1.82) is 0 Å². The summed E-state index contributed by atoms with van der Waals surface area (Å²) in [6.07, 6.45) is 5.35. The molecule has 0 bridgehead atoms. The molecular formula is C22H26N4O3. The van der Waals surface area contributed by atoms with Crippen LogP contribution < -0.4 is 20.3 Å². The van der Waals surface area contributed by atoms with Gasteiger partial charge in [-0.05, 0) is 42.7 Å². The number of nitrogens with zero attached hydrogens (tertiary/aromatic N) is 2. The average Bonchev–Trinajstić information content (AvgIpc) is 3.26. The Hall–Kier alpha value is -3.09. The first-order chi connectivity index (χ1) is 14.1. The molecule has 29 heavy (non-hydrogen) atoms. The quantitative estimate of drug-likeness (QED) is 0.814. The van der Waals surface area contributed by atoms with Crippen molar-refractivity contribution in [3.63, 3.8) is 0 Å². The number of carbonyl (C=O) groups excluding carboxylic acids is 2. The lowest BCUT2D eigenvalue weighted by molar-refractivity contribution is -0.121. The highest BCUT2D eigenvalue weighted by Gasteiger charge is 2.43. The molecule has 2 aliphatic rings. The summed E-state index contributed by atoms with van der Waals surface area (Å²) >= 11 is 0. The van der Waals surface area contributed by atoms with Gasteiger partial charge in [0, 0.05) is 13.1 Å². The van der Waals surface area contributed by atoms with E-state index in [-0.39, 0.29) is 11.8 Å². The molecule has 2 amide bonds. The maximum absolute atomic E-state index is 13.3. The van der Waals surface area contributed by atoms with Gasteiger partial charge < -0.3 is 20.3 Å². The normalized spacial score (nSPS) is 18.2. The number of methoxy groups -OCH3 is 1. The summed E-state index contributed by atoms with van der Waals surface area (Å²) in [6, 6.07) is 11.5. The molecule has 7 nitrogen and oxygen atoms in total. The maximum Gasteiger partial charge on any atom is 0.239 e. The lowest BCUT2D eigenvalue weighted by atomic mass is 9.78. The predicted molar refractivity (Wildman–Crippen MR) is 111 cm³/mol. The van der Waals surface area contributed by atoms with Crippen LogP contribution in [0.25, 0.3) is 0 Å². The summed E-state index contributed by atoms with van der Waals surface area (Å²) in [5, 5.41) is 5.86. The minimum Gasteiger partial charge on any atom is -0.497 e. The molecule has 4 rings (SSSR count). The number of benzene rings is 1. The Bertz CT molecular complexity index is 891. The number of hydrogen-bond donors (Lipinski definition) is 2. The predicted octanol–water partition coefficient (Wildman–Crippen LogP) is 2.48. The lowest BCUT2D eigenvalue weighted by Crippen LogP contribution is -2.48. The Morgan fingerprint density at radius 3 is 2.76 bits per heavy atom. The van der Waals surface area contributed by atoms with Crippen molar-refractivity contribution in [2.75, 3.05) is 37.0 Å². The number of pyridine rings is 1. The number of anilines is 2. The Kier molecular flexibility index (Phi) is 5.38. The lowest BCUT2D eigenvalue weighted by Gasteiger charge is -2.29. The second-order valence-corrected chi connectivity index (χ2v) is 7.65. The van der Waals surface area contributed by atoms with Crippen LogP contribution in [0.1, 0.15) is 31.2 Å². The molecule has 0 atom stereocenters. The van der Waals surface area contributed by atoms with Gasteiger partial charge in [0.25, 0.3) is 0 Å². The molecule has 152 valence electrons. The van der Waals surface area contributed by atoms with Crippen LogP contribution in [-0.4, -0.2) is 43.5 Å².